The van der Waals surface area contributed by atoms with E-state index < -0.39 is 0 Å². The van der Waals surface area contributed by atoms with Crippen LogP contribution < -0.4 is 16.4 Å². The van der Waals surface area contributed by atoms with Crippen LogP contribution in [0.5, 0.6) is 0 Å². The van der Waals surface area contributed by atoms with Crippen molar-refractivity contribution in [3.05, 3.63) is 18.3 Å². The largest absolute Gasteiger partial charge is 0.324 e. The van der Waals surface area contributed by atoms with Crippen molar-refractivity contribution >= 4 is 23.3 Å². The van der Waals surface area contributed by atoms with E-state index in [-0.39, 0.29) is 24.3 Å². The molecule has 0 aliphatic heterocycles. The van der Waals surface area contributed by atoms with Crippen LogP contribution in [0, 0.1) is 5.92 Å². The third-order valence-electron chi connectivity index (χ3n) is 2.43. The van der Waals surface area contributed by atoms with Gasteiger partial charge in [0, 0.05) is 5.92 Å². The SMILES string of the molecule is NCC(=O)Nc1ccc(NC(=O)C2CC2)nc1. The zero-order chi connectivity index (χ0) is 12.3. The summed E-state index contributed by atoms with van der Waals surface area (Å²) in [6, 6.07) is 3.31. The lowest BCUT2D eigenvalue weighted by atomic mass is 10.3. The van der Waals surface area contributed by atoms with Gasteiger partial charge in [-0.25, -0.2) is 4.98 Å². The quantitative estimate of drug-likeness (QED) is 0.699. The summed E-state index contributed by atoms with van der Waals surface area (Å²) in [4.78, 5) is 26.5. The second kappa shape index (κ2) is 4.92. The van der Waals surface area contributed by atoms with E-state index >= 15 is 0 Å². The highest BCUT2D eigenvalue weighted by Gasteiger charge is 2.29. The Morgan fingerprint density at radius 3 is 2.65 bits per heavy atom. The van der Waals surface area contributed by atoms with E-state index in [4.69, 9.17) is 5.73 Å². The summed E-state index contributed by atoms with van der Waals surface area (Å²) >= 11 is 0. The van der Waals surface area contributed by atoms with Crippen LogP contribution in [-0.2, 0) is 9.59 Å². The molecule has 0 saturated heterocycles. The van der Waals surface area contributed by atoms with Gasteiger partial charge in [-0.2, -0.15) is 0 Å². The van der Waals surface area contributed by atoms with Crippen LogP contribution >= 0.6 is 0 Å². The number of nitrogens with two attached hydrogens (primary N) is 1. The third kappa shape index (κ3) is 3.25. The molecular weight excluding hydrogens is 220 g/mol. The van der Waals surface area contributed by atoms with E-state index in [0.717, 1.165) is 12.8 Å². The first kappa shape index (κ1) is 11.5. The van der Waals surface area contributed by atoms with Crippen LogP contribution in [-0.4, -0.2) is 23.3 Å². The highest BCUT2D eigenvalue weighted by molar-refractivity contribution is 5.94. The van der Waals surface area contributed by atoms with Crippen LogP contribution in [0.15, 0.2) is 18.3 Å². The number of anilines is 2. The number of carbonyl (C=O) groups excluding carboxylic acids is 2. The number of amides is 2. The number of hydrogen-bond acceptors (Lipinski definition) is 4. The summed E-state index contributed by atoms with van der Waals surface area (Å²) in [6.45, 7) is -0.0693. The van der Waals surface area contributed by atoms with Gasteiger partial charge in [-0.05, 0) is 25.0 Å². The molecule has 0 aromatic carbocycles. The highest BCUT2D eigenvalue weighted by Crippen LogP contribution is 2.29. The molecular formula is C11H14N4O2. The molecule has 0 spiro atoms. The first-order chi connectivity index (χ1) is 8.19. The monoisotopic (exact) mass is 234 g/mol. The number of nitrogens with zero attached hydrogens (tertiary/aromatic N) is 1. The number of pyridine rings is 1. The zero-order valence-corrected chi connectivity index (χ0v) is 9.27. The molecule has 0 unspecified atom stereocenters. The molecule has 90 valence electrons. The molecule has 1 aliphatic carbocycles. The van der Waals surface area contributed by atoms with E-state index in [0.29, 0.717) is 11.5 Å². The highest BCUT2D eigenvalue weighted by atomic mass is 16.2. The molecule has 6 nitrogen and oxygen atoms in total. The van der Waals surface area contributed by atoms with Crippen LogP contribution in [0.1, 0.15) is 12.8 Å². The average molecular weight is 234 g/mol. The fourth-order valence-corrected chi connectivity index (χ4v) is 1.33. The van der Waals surface area contributed by atoms with E-state index in [1.807, 2.05) is 0 Å². The number of hydrogen-bond donors (Lipinski definition) is 3. The van der Waals surface area contributed by atoms with Crippen LogP contribution in [0.4, 0.5) is 11.5 Å². The molecule has 17 heavy (non-hydrogen) atoms. The summed E-state index contributed by atoms with van der Waals surface area (Å²) in [5.74, 6) is 0.374. The maximum Gasteiger partial charge on any atom is 0.238 e. The van der Waals surface area contributed by atoms with Gasteiger partial charge in [0.2, 0.25) is 11.8 Å². The first-order valence-electron chi connectivity index (χ1n) is 5.46. The van der Waals surface area contributed by atoms with Crippen molar-refractivity contribution in [2.75, 3.05) is 17.2 Å². The van der Waals surface area contributed by atoms with E-state index in [1.165, 1.54) is 6.20 Å². The molecule has 0 bridgehead atoms. The predicted molar refractivity (Wildman–Crippen MR) is 63.3 cm³/mol. The molecule has 2 amide bonds. The molecule has 0 radical (unpaired) electrons. The summed E-state index contributed by atoms with van der Waals surface area (Å²) in [6.07, 6.45) is 3.39. The Balaban J connectivity index is 1.92. The Hall–Kier alpha value is -1.95. The minimum Gasteiger partial charge on any atom is -0.324 e. The van der Waals surface area contributed by atoms with Gasteiger partial charge in [-0.1, -0.05) is 0 Å². The van der Waals surface area contributed by atoms with E-state index in [1.54, 1.807) is 12.1 Å². The fraction of sp³-hybridized carbons (Fsp3) is 0.364. The zero-order valence-electron chi connectivity index (χ0n) is 9.27. The van der Waals surface area contributed by atoms with Gasteiger partial charge in [-0.3, -0.25) is 9.59 Å². The van der Waals surface area contributed by atoms with Crippen molar-refractivity contribution in [3.8, 4) is 0 Å². The Kier molecular flexibility index (Phi) is 3.34. The van der Waals surface area contributed by atoms with Gasteiger partial charge in [-0.15, -0.1) is 0 Å². The topological polar surface area (TPSA) is 97.1 Å². The van der Waals surface area contributed by atoms with Crippen molar-refractivity contribution < 1.29 is 9.59 Å². The Morgan fingerprint density at radius 2 is 2.12 bits per heavy atom. The normalized spacial score (nSPS) is 14.2. The number of carbonyl (C=O) groups is 2. The second-order valence-corrected chi connectivity index (χ2v) is 3.95. The standard InChI is InChI=1S/C11H14N4O2/c12-5-10(16)14-8-3-4-9(13-6-8)15-11(17)7-1-2-7/h3-4,6-7H,1-2,5,12H2,(H,14,16)(H,13,15,17). The number of rotatable bonds is 4. The summed E-state index contributed by atoms with van der Waals surface area (Å²) < 4.78 is 0. The Morgan fingerprint density at radius 1 is 1.35 bits per heavy atom. The second-order valence-electron chi connectivity index (χ2n) is 3.95. The van der Waals surface area contributed by atoms with Gasteiger partial charge in [0.05, 0.1) is 18.4 Å². The minimum absolute atomic E-state index is 0.0104. The lowest BCUT2D eigenvalue weighted by Gasteiger charge is -2.05. The lowest BCUT2D eigenvalue weighted by Crippen LogP contribution is -2.22. The van der Waals surface area contributed by atoms with Crippen molar-refractivity contribution in [1.29, 1.82) is 0 Å². The predicted octanol–water partition coefficient (Wildman–Crippen LogP) is 0.327. The Bertz CT molecular complexity index is 426. The minimum atomic E-state index is -0.276. The molecule has 4 N–H and O–H groups in total. The average Bonchev–Trinajstić information content (AvgIpc) is 3.15. The Labute approximate surface area is 98.6 Å². The third-order valence-corrected chi connectivity index (χ3v) is 2.43. The molecule has 2 rings (SSSR count). The van der Waals surface area contributed by atoms with Crippen LogP contribution in [0.2, 0.25) is 0 Å². The molecule has 1 aliphatic rings. The molecule has 1 fully saturated rings. The van der Waals surface area contributed by atoms with Crippen molar-refractivity contribution in [2.24, 2.45) is 11.7 Å². The first-order valence-corrected chi connectivity index (χ1v) is 5.46. The van der Waals surface area contributed by atoms with Crippen molar-refractivity contribution in [1.82, 2.24) is 4.98 Å². The van der Waals surface area contributed by atoms with Crippen LogP contribution in [0.25, 0.3) is 0 Å². The molecule has 1 aromatic rings. The van der Waals surface area contributed by atoms with Gasteiger partial charge >= 0.3 is 0 Å². The van der Waals surface area contributed by atoms with Crippen molar-refractivity contribution in [3.63, 3.8) is 0 Å². The molecule has 1 aromatic heterocycles. The van der Waals surface area contributed by atoms with Gasteiger partial charge in [0.15, 0.2) is 0 Å². The maximum absolute atomic E-state index is 11.4. The smallest absolute Gasteiger partial charge is 0.238 e. The summed E-state index contributed by atoms with van der Waals surface area (Å²) in [5.41, 5.74) is 5.73. The summed E-state index contributed by atoms with van der Waals surface area (Å²) in [7, 11) is 0. The van der Waals surface area contributed by atoms with E-state index in [9.17, 15) is 9.59 Å². The van der Waals surface area contributed by atoms with Crippen molar-refractivity contribution in [2.45, 2.75) is 12.8 Å². The van der Waals surface area contributed by atoms with Gasteiger partial charge < -0.3 is 16.4 Å². The number of nitrogens with one attached hydrogen (secondary N) is 2. The van der Waals surface area contributed by atoms with Gasteiger partial charge in [0.25, 0.3) is 0 Å². The molecule has 1 saturated carbocycles. The summed E-state index contributed by atoms with van der Waals surface area (Å²) in [5, 5.41) is 5.28. The molecule has 0 atom stereocenters. The lowest BCUT2D eigenvalue weighted by molar-refractivity contribution is -0.117. The molecule has 6 heteroatoms. The van der Waals surface area contributed by atoms with Gasteiger partial charge in [0.1, 0.15) is 5.82 Å². The van der Waals surface area contributed by atoms with Crippen LogP contribution in [0.3, 0.4) is 0 Å². The van der Waals surface area contributed by atoms with E-state index in [2.05, 4.69) is 15.6 Å². The number of aromatic nitrogens is 1. The fourth-order valence-electron chi connectivity index (χ4n) is 1.33. The maximum atomic E-state index is 11.4. The molecule has 1 heterocycles.